The van der Waals surface area contributed by atoms with Gasteiger partial charge < -0.3 is 19.3 Å². The first kappa shape index (κ1) is 20.4. The molecular weight excluding hydrogens is 358 g/mol. The lowest BCUT2D eigenvalue weighted by Gasteiger charge is -2.38. The molecule has 1 saturated heterocycles. The molecule has 1 aromatic heterocycles. The Labute approximate surface area is 165 Å². The minimum atomic E-state index is -0.161. The van der Waals surface area contributed by atoms with Crippen molar-refractivity contribution in [2.45, 2.75) is 12.8 Å². The van der Waals surface area contributed by atoms with Gasteiger partial charge >= 0.3 is 0 Å². The molecule has 1 aliphatic rings. The molecule has 3 rings (SSSR count). The second-order valence-electron chi connectivity index (χ2n) is 7.54. The minimum Gasteiger partial charge on any atom is -0.497 e. The standard InChI is InChI=1S/C21H29N3O4/c1-22(2)9-7-15-14-24(19-6-5-17(28-4)11-18(15)19)21(26)16-12-23(13-16)20(25)8-10-27-3/h5-6,11,14,16H,7-10,12-13H2,1-4H3. The minimum absolute atomic E-state index is 0.0414. The van der Waals surface area contributed by atoms with Gasteiger partial charge in [-0.15, -0.1) is 0 Å². The molecule has 7 nitrogen and oxygen atoms in total. The summed E-state index contributed by atoms with van der Waals surface area (Å²) in [5.74, 6) is 0.704. The molecule has 0 unspecified atom stereocenters. The maximum Gasteiger partial charge on any atom is 0.237 e. The zero-order valence-electron chi connectivity index (χ0n) is 17.1. The summed E-state index contributed by atoms with van der Waals surface area (Å²) in [5.41, 5.74) is 2.02. The molecule has 152 valence electrons. The first-order chi connectivity index (χ1) is 13.4. The van der Waals surface area contributed by atoms with Gasteiger partial charge in [-0.3, -0.25) is 14.2 Å². The van der Waals surface area contributed by atoms with Crippen molar-refractivity contribution in [3.63, 3.8) is 0 Å². The van der Waals surface area contributed by atoms with E-state index in [0.717, 1.165) is 35.2 Å². The normalized spacial score (nSPS) is 14.5. The molecule has 0 radical (unpaired) electrons. The van der Waals surface area contributed by atoms with Crippen LogP contribution in [0, 0.1) is 5.92 Å². The van der Waals surface area contributed by atoms with E-state index in [1.807, 2.05) is 38.5 Å². The van der Waals surface area contributed by atoms with Gasteiger partial charge in [-0.2, -0.15) is 0 Å². The maximum atomic E-state index is 13.1. The molecule has 1 amide bonds. The number of rotatable bonds is 8. The molecule has 0 atom stereocenters. The van der Waals surface area contributed by atoms with Gasteiger partial charge in [0.2, 0.25) is 11.8 Å². The van der Waals surface area contributed by atoms with E-state index in [2.05, 4.69) is 4.90 Å². The SMILES string of the molecule is COCCC(=O)N1CC(C(=O)n2cc(CCN(C)C)c3cc(OC)ccc32)C1. The third-order valence-electron chi connectivity index (χ3n) is 5.26. The number of carbonyl (C=O) groups excluding carboxylic acids is 2. The highest BCUT2D eigenvalue weighted by atomic mass is 16.5. The summed E-state index contributed by atoms with van der Waals surface area (Å²) in [7, 11) is 7.30. The van der Waals surface area contributed by atoms with Crippen molar-refractivity contribution in [2.75, 3.05) is 54.6 Å². The zero-order valence-corrected chi connectivity index (χ0v) is 17.1. The highest BCUT2D eigenvalue weighted by Crippen LogP contribution is 2.29. The lowest BCUT2D eigenvalue weighted by molar-refractivity contribution is -0.137. The molecule has 0 saturated carbocycles. The number of fused-ring (bicyclic) bond motifs is 1. The van der Waals surface area contributed by atoms with Crippen LogP contribution in [0.4, 0.5) is 0 Å². The van der Waals surface area contributed by atoms with Crippen LogP contribution in [-0.4, -0.2) is 80.7 Å². The summed E-state index contributed by atoms with van der Waals surface area (Å²) >= 11 is 0. The first-order valence-electron chi connectivity index (χ1n) is 9.58. The smallest absolute Gasteiger partial charge is 0.237 e. The van der Waals surface area contributed by atoms with Crippen molar-refractivity contribution in [1.29, 1.82) is 0 Å². The molecule has 1 aromatic carbocycles. The zero-order chi connectivity index (χ0) is 20.3. The highest BCUT2D eigenvalue weighted by molar-refractivity contribution is 5.97. The van der Waals surface area contributed by atoms with Crippen molar-refractivity contribution in [3.05, 3.63) is 30.0 Å². The molecule has 0 spiro atoms. The second-order valence-corrected chi connectivity index (χ2v) is 7.54. The van der Waals surface area contributed by atoms with Crippen molar-refractivity contribution >= 4 is 22.7 Å². The third-order valence-corrected chi connectivity index (χ3v) is 5.26. The van der Waals surface area contributed by atoms with Crippen LogP contribution in [0.5, 0.6) is 5.75 Å². The van der Waals surface area contributed by atoms with Crippen LogP contribution in [0.25, 0.3) is 10.9 Å². The van der Waals surface area contributed by atoms with Gasteiger partial charge in [0, 0.05) is 38.3 Å². The molecule has 0 aliphatic carbocycles. The largest absolute Gasteiger partial charge is 0.497 e. The molecule has 2 aromatic rings. The number of amides is 1. The number of hydrogen-bond acceptors (Lipinski definition) is 5. The van der Waals surface area contributed by atoms with Crippen LogP contribution in [0.15, 0.2) is 24.4 Å². The molecule has 0 N–H and O–H groups in total. The Hall–Kier alpha value is -2.38. The first-order valence-corrected chi connectivity index (χ1v) is 9.58. The van der Waals surface area contributed by atoms with Gasteiger partial charge in [-0.25, -0.2) is 0 Å². The van der Waals surface area contributed by atoms with E-state index < -0.39 is 0 Å². The fourth-order valence-electron chi connectivity index (χ4n) is 3.51. The Morgan fingerprint density at radius 3 is 2.61 bits per heavy atom. The Kier molecular flexibility index (Phi) is 6.36. The monoisotopic (exact) mass is 387 g/mol. The van der Waals surface area contributed by atoms with Crippen LogP contribution >= 0.6 is 0 Å². The predicted octanol–water partition coefficient (Wildman–Crippen LogP) is 1.89. The van der Waals surface area contributed by atoms with E-state index in [4.69, 9.17) is 9.47 Å². The van der Waals surface area contributed by atoms with Crippen LogP contribution in [0.3, 0.4) is 0 Å². The van der Waals surface area contributed by atoms with Crippen LogP contribution < -0.4 is 4.74 Å². The molecule has 2 heterocycles. The summed E-state index contributed by atoms with van der Waals surface area (Å²) in [6.07, 6.45) is 3.16. The number of methoxy groups -OCH3 is 2. The molecule has 28 heavy (non-hydrogen) atoms. The van der Waals surface area contributed by atoms with Gasteiger partial charge in [0.25, 0.3) is 0 Å². The molecule has 7 heteroatoms. The van der Waals surface area contributed by atoms with Crippen molar-refractivity contribution in [2.24, 2.45) is 5.92 Å². The molecular formula is C21H29N3O4. The van der Waals surface area contributed by atoms with Crippen molar-refractivity contribution in [3.8, 4) is 5.75 Å². The fraction of sp³-hybridized carbons (Fsp3) is 0.524. The van der Waals surface area contributed by atoms with E-state index in [0.29, 0.717) is 26.1 Å². The summed E-state index contributed by atoms with van der Waals surface area (Å²) in [5, 5.41) is 1.04. The Morgan fingerprint density at radius 1 is 1.21 bits per heavy atom. The van der Waals surface area contributed by atoms with Gasteiger partial charge in [0.05, 0.1) is 31.6 Å². The predicted molar refractivity (Wildman–Crippen MR) is 108 cm³/mol. The van der Waals surface area contributed by atoms with E-state index in [1.54, 1.807) is 23.7 Å². The lowest BCUT2D eigenvalue weighted by Crippen LogP contribution is -2.54. The maximum absolute atomic E-state index is 13.1. The number of likely N-dealkylation sites (N-methyl/N-ethyl adjacent to an activating group) is 1. The Balaban J connectivity index is 1.79. The molecule has 1 fully saturated rings. The third kappa shape index (κ3) is 4.20. The van der Waals surface area contributed by atoms with Crippen LogP contribution in [-0.2, 0) is 16.0 Å². The molecule has 1 aliphatic heterocycles. The average Bonchev–Trinajstić information content (AvgIpc) is 3.01. The Morgan fingerprint density at radius 2 is 1.96 bits per heavy atom. The summed E-state index contributed by atoms with van der Waals surface area (Å²) in [6, 6.07) is 5.81. The van der Waals surface area contributed by atoms with Crippen molar-refractivity contribution in [1.82, 2.24) is 14.4 Å². The number of carbonyl (C=O) groups is 2. The summed E-state index contributed by atoms with van der Waals surface area (Å²) < 4.78 is 12.1. The van der Waals surface area contributed by atoms with Gasteiger partial charge in [0.15, 0.2) is 0 Å². The van der Waals surface area contributed by atoms with E-state index >= 15 is 0 Å². The number of ether oxygens (including phenoxy) is 2. The lowest BCUT2D eigenvalue weighted by atomic mass is 9.98. The average molecular weight is 387 g/mol. The van der Waals surface area contributed by atoms with Gasteiger partial charge in [0.1, 0.15) is 5.75 Å². The summed E-state index contributed by atoms with van der Waals surface area (Å²) in [6.45, 7) is 2.26. The molecule has 0 bridgehead atoms. The number of hydrogen-bond donors (Lipinski definition) is 0. The quantitative estimate of drug-likeness (QED) is 0.692. The number of aromatic nitrogens is 1. The van der Waals surface area contributed by atoms with Crippen molar-refractivity contribution < 1.29 is 19.1 Å². The topological polar surface area (TPSA) is 64.0 Å². The van der Waals surface area contributed by atoms with E-state index in [1.165, 1.54) is 0 Å². The van der Waals surface area contributed by atoms with E-state index in [9.17, 15) is 9.59 Å². The fourth-order valence-corrected chi connectivity index (χ4v) is 3.51. The number of nitrogens with zero attached hydrogens (tertiary/aromatic N) is 3. The van der Waals surface area contributed by atoms with Crippen LogP contribution in [0.1, 0.15) is 16.8 Å². The second kappa shape index (κ2) is 8.75. The highest BCUT2D eigenvalue weighted by Gasteiger charge is 2.36. The number of likely N-dealkylation sites (tertiary alicyclic amines) is 1. The number of benzene rings is 1. The van der Waals surface area contributed by atoms with E-state index in [-0.39, 0.29) is 17.7 Å². The van der Waals surface area contributed by atoms with Gasteiger partial charge in [-0.1, -0.05) is 0 Å². The summed E-state index contributed by atoms with van der Waals surface area (Å²) in [4.78, 5) is 29.0. The van der Waals surface area contributed by atoms with Gasteiger partial charge in [-0.05, 0) is 44.3 Å². The van der Waals surface area contributed by atoms with Crippen LogP contribution in [0.2, 0.25) is 0 Å². The Bertz CT molecular complexity index is 853.